The summed E-state index contributed by atoms with van der Waals surface area (Å²) in [6.45, 7) is 2.81. The smallest absolute Gasteiger partial charge is 0.326 e. The molecule has 2 amide bonds. The van der Waals surface area contributed by atoms with Gasteiger partial charge in [0.05, 0.1) is 6.10 Å². The number of carbonyl (C=O) groups is 2. The molecule has 1 saturated heterocycles. The molecule has 0 unspecified atom stereocenters. The molecular weight excluding hydrogens is 248 g/mol. The van der Waals surface area contributed by atoms with Crippen molar-refractivity contribution in [3.05, 3.63) is 0 Å². The van der Waals surface area contributed by atoms with Gasteiger partial charge in [-0.15, -0.1) is 0 Å². The first-order chi connectivity index (χ1) is 8.97. The molecule has 0 aromatic carbocycles. The van der Waals surface area contributed by atoms with Crippen LogP contribution in [-0.4, -0.2) is 52.3 Å². The molecule has 0 radical (unpaired) electrons. The highest BCUT2D eigenvalue weighted by molar-refractivity contribution is 5.83. The van der Waals surface area contributed by atoms with Gasteiger partial charge in [-0.2, -0.15) is 0 Å². The maximum atomic E-state index is 12.0. The van der Waals surface area contributed by atoms with Crippen molar-refractivity contribution in [2.75, 3.05) is 13.1 Å². The van der Waals surface area contributed by atoms with Crippen molar-refractivity contribution < 1.29 is 19.8 Å². The van der Waals surface area contributed by atoms with Crippen LogP contribution in [0.15, 0.2) is 0 Å². The molecule has 0 bridgehead atoms. The van der Waals surface area contributed by atoms with Gasteiger partial charge in [0.25, 0.3) is 0 Å². The number of nitrogens with zero attached hydrogens (tertiary/aromatic N) is 1. The Kier molecular flexibility index (Phi) is 3.99. The molecule has 1 aliphatic heterocycles. The van der Waals surface area contributed by atoms with Crippen LogP contribution in [0.3, 0.4) is 0 Å². The second kappa shape index (κ2) is 5.36. The molecule has 0 aromatic rings. The molecule has 2 rings (SSSR count). The highest BCUT2D eigenvalue weighted by atomic mass is 16.4. The van der Waals surface area contributed by atoms with E-state index in [1.807, 2.05) is 0 Å². The van der Waals surface area contributed by atoms with Crippen LogP contribution in [0.4, 0.5) is 4.79 Å². The van der Waals surface area contributed by atoms with Gasteiger partial charge in [-0.3, -0.25) is 0 Å². The second-order valence-corrected chi connectivity index (χ2v) is 5.76. The number of carbonyl (C=O) groups excluding carboxylic acids is 1. The fourth-order valence-electron chi connectivity index (χ4n) is 2.97. The highest BCUT2D eigenvalue weighted by Crippen LogP contribution is 2.43. The van der Waals surface area contributed by atoms with Crippen molar-refractivity contribution in [2.24, 2.45) is 5.41 Å². The molecule has 0 aromatic heterocycles. The standard InChI is InChI=1S/C13H22N2O4/c1-2-13(4-3-5-13)8-14-12(19)15-7-9(16)6-10(15)11(17)18/h9-10,16H,2-8H2,1H3,(H,14,19)(H,17,18)/t9-,10-/m0/s1. The first-order valence-corrected chi connectivity index (χ1v) is 6.93. The van der Waals surface area contributed by atoms with Crippen molar-refractivity contribution in [1.29, 1.82) is 0 Å². The summed E-state index contributed by atoms with van der Waals surface area (Å²) < 4.78 is 0. The summed E-state index contributed by atoms with van der Waals surface area (Å²) in [7, 11) is 0. The Morgan fingerprint density at radius 1 is 1.42 bits per heavy atom. The molecule has 1 saturated carbocycles. The predicted molar refractivity (Wildman–Crippen MR) is 68.7 cm³/mol. The maximum Gasteiger partial charge on any atom is 0.326 e. The molecule has 19 heavy (non-hydrogen) atoms. The molecule has 6 heteroatoms. The summed E-state index contributed by atoms with van der Waals surface area (Å²) >= 11 is 0. The highest BCUT2D eigenvalue weighted by Gasteiger charge is 2.40. The number of aliphatic hydroxyl groups excluding tert-OH is 1. The molecule has 6 nitrogen and oxygen atoms in total. The van der Waals surface area contributed by atoms with E-state index in [9.17, 15) is 14.7 Å². The molecule has 1 aliphatic carbocycles. The van der Waals surface area contributed by atoms with Crippen LogP contribution in [0.5, 0.6) is 0 Å². The monoisotopic (exact) mass is 270 g/mol. The molecule has 2 aliphatic rings. The van der Waals surface area contributed by atoms with Gasteiger partial charge in [-0.1, -0.05) is 13.3 Å². The zero-order valence-electron chi connectivity index (χ0n) is 11.3. The minimum absolute atomic E-state index is 0.0991. The van der Waals surface area contributed by atoms with Crippen LogP contribution in [0.2, 0.25) is 0 Å². The number of urea groups is 1. The number of rotatable bonds is 4. The van der Waals surface area contributed by atoms with Crippen molar-refractivity contribution in [2.45, 2.75) is 51.2 Å². The van der Waals surface area contributed by atoms with Gasteiger partial charge in [-0.25, -0.2) is 9.59 Å². The number of aliphatic hydroxyl groups is 1. The van der Waals surface area contributed by atoms with E-state index in [-0.39, 0.29) is 24.4 Å². The van der Waals surface area contributed by atoms with Gasteiger partial charge >= 0.3 is 12.0 Å². The molecule has 108 valence electrons. The lowest BCUT2D eigenvalue weighted by Gasteiger charge is -2.41. The molecule has 2 atom stereocenters. The van der Waals surface area contributed by atoms with E-state index in [4.69, 9.17) is 5.11 Å². The quantitative estimate of drug-likeness (QED) is 0.704. The molecule has 1 heterocycles. The summed E-state index contributed by atoms with van der Waals surface area (Å²) in [5.74, 6) is -1.06. The van der Waals surface area contributed by atoms with Crippen LogP contribution >= 0.6 is 0 Å². The largest absolute Gasteiger partial charge is 0.480 e. The lowest BCUT2D eigenvalue weighted by Crippen LogP contribution is -2.50. The second-order valence-electron chi connectivity index (χ2n) is 5.76. The number of carboxylic acid groups (broad SMARTS) is 1. The number of β-amino-alcohol motifs (C(OH)–C–C–N with tert-alkyl or cyclic N) is 1. The minimum atomic E-state index is -1.06. The number of carboxylic acids is 1. The fourth-order valence-corrected chi connectivity index (χ4v) is 2.97. The SMILES string of the molecule is CCC1(CNC(=O)N2C[C@@H](O)C[C@H]2C(=O)O)CCC1. The van der Waals surface area contributed by atoms with Crippen LogP contribution in [0, 0.1) is 5.41 Å². The van der Waals surface area contributed by atoms with E-state index in [0.29, 0.717) is 6.54 Å². The van der Waals surface area contributed by atoms with Gasteiger partial charge in [-0.05, 0) is 24.7 Å². The molecule has 2 fully saturated rings. The average Bonchev–Trinajstić information content (AvgIpc) is 2.70. The Morgan fingerprint density at radius 3 is 2.58 bits per heavy atom. The summed E-state index contributed by atoms with van der Waals surface area (Å²) in [5.41, 5.74) is 0.201. The third-order valence-corrected chi connectivity index (χ3v) is 4.60. The summed E-state index contributed by atoms with van der Waals surface area (Å²) in [6, 6.07) is -1.28. The van der Waals surface area contributed by atoms with Gasteiger partial charge in [0.1, 0.15) is 6.04 Å². The van der Waals surface area contributed by atoms with Crippen molar-refractivity contribution in [3.63, 3.8) is 0 Å². The number of nitrogens with one attached hydrogen (secondary N) is 1. The van der Waals surface area contributed by atoms with E-state index in [0.717, 1.165) is 19.3 Å². The fraction of sp³-hybridized carbons (Fsp3) is 0.846. The average molecular weight is 270 g/mol. The molecule has 3 N–H and O–H groups in total. The predicted octanol–water partition coefficient (Wildman–Crippen LogP) is 0.796. The number of likely N-dealkylation sites (tertiary alicyclic amines) is 1. The Morgan fingerprint density at radius 2 is 2.11 bits per heavy atom. The Labute approximate surface area is 112 Å². The van der Waals surface area contributed by atoms with Crippen molar-refractivity contribution >= 4 is 12.0 Å². The van der Waals surface area contributed by atoms with Crippen LogP contribution in [-0.2, 0) is 4.79 Å². The zero-order valence-corrected chi connectivity index (χ0v) is 11.3. The number of amides is 2. The first kappa shape index (κ1) is 14.1. The molecule has 0 spiro atoms. The lowest BCUT2D eigenvalue weighted by atomic mass is 9.67. The number of hydrogen-bond donors (Lipinski definition) is 3. The van der Waals surface area contributed by atoms with E-state index in [2.05, 4.69) is 12.2 Å². The Hall–Kier alpha value is -1.30. The minimum Gasteiger partial charge on any atom is -0.480 e. The van der Waals surface area contributed by atoms with Crippen molar-refractivity contribution in [1.82, 2.24) is 10.2 Å². The van der Waals surface area contributed by atoms with E-state index >= 15 is 0 Å². The van der Waals surface area contributed by atoms with E-state index in [1.165, 1.54) is 11.3 Å². The van der Waals surface area contributed by atoms with Gasteiger partial charge in [0.2, 0.25) is 0 Å². The van der Waals surface area contributed by atoms with Crippen LogP contribution < -0.4 is 5.32 Å². The zero-order chi connectivity index (χ0) is 14.0. The number of hydrogen-bond acceptors (Lipinski definition) is 3. The summed E-state index contributed by atoms with van der Waals surface area (Å²) in [4.78, 5) is 24.3. The Bertz CT molecular complexity index is 362. The molecular formula is C13H22N2O4. The van der Waals surface area contributed by atoms with Crippen LogP contribution in [0.1, 0.15) is 39.0 Å². The topological polar surface area (TPSA) is 89.9 Å². The summed E-state index contributed by atoms with van der Waals surface area (Å²) in [6.07, 6.45) is 3.84. The van der Waals surface area contributed by atoms with Crippen molar-refractivity contribution in [3.8, 4) is 0 Å². The van der Waals surface area contributed by atoms with E-state index < -0.39 is 18.1 Å². The van der Waals surface area contributed by atoms with Gasteiger partial charge in [0, 0.05) is 19.5 Å². The third kappa shape index (κ3) is 2.83. The van der Waals surface area contributed by atoms with Crippen LogP contribution in [0.25, 0.3) is 0 Å². The van der Waals surface area contributed by atoms with E-state index in [1.54, 1.807) is 0 Å². The normalized spacial score (nSPS) is 28.8. The maximum absolute atomic E-state index is 12.0. The first-order valence-electron chi connectivity index (χ1n) is 6.93. The Balaban J connectivity index is 1.90. The van der Waals surface area contributed by atoms with Gasteiger partial charge < -0.3 is 20.4 Å². The third-order valence-electron chi connectivity index (χ3n) is 4.60. The van der Waals surface area contributed by atoms with Gasteiger partial charge in [0.15, 0.2) is 0 Å². The summed E-state index contributed by atoms with van der Waals surface area (Å²) in [5, 5.41) is 21.4. The lowest BCUT2D eigenvalue weighted by molar-refractivity contribution is -0.141. The number of aliphatic carboxylic acids is 1.